The summed E-state index contributed by atoms with van der Waals surface area (Å²) < 4.78 is 56.3. The molecule has 0 aliphatic carbocycles. The molecule has 0 heterocycles. The number of aryl methyl sites for hydroxylation is 1. The zero-order valence-corrected chi connectivity index (χ0v) is 15.2. The first-order valence-electron chi connectivity index (χ1n) is 7.37. The Morgan fingerprint density at radius 2 is 1.60 bits per heavy atom. The van der Waals surface area contributed by atoms with E-state index in [1.54, 1.807) is 12.1 Å². The monoisotopic (exact) mass is 369 g/mol. The lowest BCUT2D eigenvalue weighted by atomic mass is 10.2. The van der Waals surface area contributed by atoms with Gasteiger partial charge < -0.3 is 14.2 Å². The summed E-state index contributed by atoms with van der Waals surface area (Å²) in [6.07, 6.45) is 0. The molecular weight excluding hydrogens is 349 g/mol. The molecule has 136 valence electrons. The van der Waals surface area contributed by atoms with Crippen LogP contribution in [0.3, 0.4) is 0 Å². The number of hydrogen-bond acceptors (Lipinski definition) is 5. The maximum atomic E-state index is 13.3. The normalized spacial score (nSPS) is 11.2. The summed E-state index contributed by atoms with van der Waals surface area (Å²) in [6, 6.07) is 6.94. The van der Waals surface area contributed by atoms with Gasteiger partial charge in [0, 0.05) is 6.54 Å². The van der Waals surface area contributed by atoms with Crippen molar-refractivity contribution < 1.29 is 27.0 Å². The number of rotatable bonds is 7. The zero-order valence-electron chi connectivity index (χ0n) is 14.4. The second kappa shape index (κ2) is 7.71. The number of hydrogen-bond donors (Lipinski definition) is 1. The van der Waals surface area contributed by atoms with Crippen molar-refractivity contribution in [3.63, 3.8) is 0 Å². The van der Waals surface area contributed by atoms with E-state index in [1.165, 1.54) is 40.4 Å². The molecular formula is C17H20FNO5S. The first-order chi connectivity index (χ1) is 11.8. The van der Waals surface area contributed by atoms with Crippen LogP contribution >= 0.6 is 0 Å². The average Bonchev–Trinajstić information content (AvgIpc) is 2.61. The number of nitrogens with one attached hydrogen (secondary N) is 1. The molecule has 0 atom stereocenters. The molecule has 0 amide bonds. The summed E-state index contributed by atoms with van der Waals surface area (Å²) in [5, 5.41) is 0. The molecule has 8 heteroatoms. The molecule has 2 rings (SSSR count). The van der Waals surface area contributed by atoms with Crippen molar-refractivity contribution in [3.8, 4) is 17.2 Å². The van der Waals surface area contributed by atoms with Gasteiger partial charge >= 0.3 is 0 Å². The molecule has 0 fully saturated rings. The summed E-state index contributed by atoms with van der Waals surface area (Å²) in [4.78, 5) is -0.00107. The quantitative estimate of drug-likeness (QED) is 0.812. The van der Waals surface area contributed by atoms with Crippen molar-refractivity contribution in [2.45, 2.75) is 18.4 Å². The third-order valence-corrected chi connectivity index (χ3v) is 5.03. The third kappa shape index (κ3) is 4.21. The molecule has 6 nitrogen and oxygen atoms in total. The predicted octanol–water partition coefficient (Wildman–Crippen LogP) is 2.64. The predicted molar refractivity (Wildman–Crippen MR) is 91.3 cm³/mol. The van der Waals surface area contributed by atoms with E-state index in [2.05, 4.69) is 4.72 Å². The van der Waals surface area contributed by atoms with Crippen molar-refractivity contribution in [2.75, 3.05) is 21.3 Å². The van der Waals surface area contributed by atoms with Gasteiger partial charge in [0.15, 0.2) is 11.5 Å². The van der Waals surface area contributed by atoms with E-state index in [1.807, 2.05) is 0 Å². The molecule has 0 saturated heterocycles. The lowest BCUT2D eigenvalue weighted by Crippen LogP contribution is -2.23. The van der Waals surface area contributed by atoms with Gasteiger partial charge in [-0.15, -0.1) is 0 Å². The molecule has 0 unspecified atom stereocenters. The number of benzene rings is 2. The minimum Gasteiger partial charge on any atom is -0.493 e. The molecule has 2 aromatic rings. The van der Waals surface area contributed by atoms with Gasteiger partial charge in [0.2, 0.25) is 15.8 Å². The Kier molecular flexibility index (Phi) is 5.86. The molecule has 0 aliphatic rings. The van der Waals surface area contributed by atoms with Crippen molar-refractivity contribution >= 4 is 10.0 Å². The fraction of sp³-hybridized carbons (Fsp3) is 0.294. The lowest BCUT2D eigenvalue weighted by Gasteiger charge is -2.14. The topological polar surface area (TPSA) is 73.9 Å². The Labute approximate surface area is 146 Å². The van der Waals surface area contributed by atoms with Crippen LogP contribution in [-0.2, 0) is 16.6 Å². The zero-order chi connectivity index (χ0) is 18.6. The molecule has 0 aromatic heterocycles. The van der Waals surface area contributed by atoms with Crippen molar-refractivity contribution in [1.29, 1.82) is 0 Å². The fourth-order valence-corrected chi connectivity index (χ4v) is 3.39. The Bertz CT molecular complexity index is 842. The van der Waals surface area contributed by atoms with Gasteiger partial charge in [0.1, 0.15) is 5.82 Å². The molecule has 1 N–H and O–H groups in total. The van der Waals surface area contributed by atoms with Crippen LogP contribution in [0.15, 0.2) is 35.2 Å². The van der Waals surface area contributed by atoms with Gasteiger partial charge in [-0.1, -0.05) is 0 Å². The Balaban J connectivity index is 2.26. The van der Waals surface area contributed by atoms with Crippen molar-refractivity contribution in [2.24, 2.45) is 0 Å². The Morgan fingerprint density at radius 3 is 2.08 bits per heavy atom. The highest BCUT2D eigenvalue weighted by Gasteiger charge is 2.17. The summed E-state index contributed by atoms with van der Waals surface area (Å²) >= 11 is 0. The van der Waals surface area contributed by atoms with Crippen molar-refractivity contribution in [3.05, 3.63) is 47.3 Å². The highest BCUT2D eigenvalue weighted by Crippen LogP contribution is 2.38. The summed E-state index contributed by atoms with van der Waals surface area (Å²) in [5.74, 6) is 0.816. The number of halogens is 1. The van der Waals surface area contributed by atoms with Crippen LogP contribution in [0, 0.1) is 12.7 Å². The van der Waals surface area contributed by atoms with Crippen molar-refractivity contribution in [1.82, 2.24) is 4.72 Å². The molecule has 25 heavy (non-hydrogen) atoms. The van der Waals surface area contributed by atoms with Crippen LogP contribution < -0.4 is 18.9 Å². The highest BCUT2D eigenvalue weighted by molar-refractivity contribution is 7.89. The molecule has 2 aromatic carbocycles. The first-order valence-corrected chi connectivity index (χ1v) is 8.85. The number of ether oxygens (including phenoxy) is 3. The molecule has 0 radical (unpaired) electrons. The van der Waals surface area contributed by atoms with E-state index in [4.69, 9.17) is 14.2 Å². The fourth-order valence-electron chi connectivity index (χ4n) is 2.28. The van der Waals surface area contributed by atoms with Gasteiger partial charge in [-0.2, -0.15) is 0 Å². The smallest absolute Gasteiger partial charge is 0.240 e. The molecule has 0 saturated carbocycles. The molecule has 0 bridgehead atoms. The molecule has 0 spiro atoms. The average molecular weight is 369 g/mol. The van der Waals surface area contributed by atoms with Gasteiger partial charge in [-0.05, 0) is 48.4 Å². The van der Waals surface area contributed by atoms with Gasteiger partial charge in [-0.25, -0.2) is 17.5 Å². The van der Waals surface area contributed by atoms with E-state index < -0.39 is 15.8 Å². The second-order valence-corrected chi connectivity index (χ2v) is 7.04. The van der Waals surface area contributed by atoms with Crippen LogP contribution in [0.5, 0.6) is 17.2 Å². The highest BCUT2D eigenvalue weighted by atomic mass is 32.2. The SMILES string of the molecule is COc1cc(CNS(=O)(=O)c2ccc(F)c(C)c2)cc(OC)c1OC. The van der Waals surface area contributed by atoms with Crippen LogP contribution in [0.25, 0.3) is 0 Å². The largest absolute Gasteiger partial charge is 0.493 e. The van der Waals surface area contributed by atoms with Crippen LogP contribution in [0.4, 0.5) is 4.39 Å². The van der Waals surface area contributed by atoms with Gasteiger partial charge in [0.05, 0.1) is 26.2 Å². The van der Waals surface area contributed by atoms with E-state index in [-0.39, 0.29) is 17.0 Å². The Morgan fingerprint density at radius 1 is 1.00 bits per heavy atom. The third-order valence-electron chi connectivity index (χ3n) is 3.63. The standard InChI is InChI=1S/C17H20FNO5S/c1-11-7-13(5-6-14(11)18)25(20,21)19-10-12-8-15(22-2)17(24-4)16(9-12)23-3/h5-9,19H,10H2,1-4H3. The van der Waals surface area contributed by atoms with E-state index in [0.29, 0.717) is 22.8 Å². The minimum absolute atomic E-state index is 0.00107. The number of methoxy groups -OCH3 is 3. The van der Waals surface area contributed by atoms with E-state index >= 15 is 0 Å². The Hall–Kier alpha value is -2.32. The lowest BCUT2D eigenvalue weighted by molar-refractivity contribution is 0.323. The second-order valence-electron chi connectivity index (χ2n) is 5.27. The van der Waals surface area contributed by atoms with Gasteiger partial charge in [0.25, 0.3) is 0 Å². The van der Waals surface area contributed by atoms with Gasteiger partial charge in [-0.3, -0.25) is 0 Å². The summed E-state index contributed by atoms with van der Waals surface area (Å²) in [6.45, 7) is 1.52. The van der Waals surface area contributed by atoms with E-state index in [0.717, 1.165) is 6.07 Å². The maximum Gasteiger partial charge on any atom is 0.240 e. The van der Waals surface area contributed by atoms with Crippen LogP contribution in [0.1, 0.15) is 11.1 Å². The minimum atomic E-state index is -3.78. The first kappa shape index (κ1) is 19.0. The summed E-state index contributed by atoms with van der Waals surface area (Å²) in [7, 11) is 0.661. The summed E-state index contributed by atoms with van der Waals surface area (Å²) in [5.41, 5.74) is 0.882. The molecule has 0 aliphatic heterocycles. The van der Waals surface area contributed by atoms with Crippen LogP contribution in [-0.4, -0.2) is 29.7 Å². The van der Waals surface area contributed by atoms with E-state index in [9.17, 15) is 12.8 Å². The maximum absolute atomic E-state index is 13.3. The number of sulfonamides is 1. The van der Waals surface area contributed by atoms with Crippen LogP contribution in [0.2, 0.25) is 0 Å².